The number of nitrogens with zero attached hydrogens (tertiary/aromatic N) is 2. The monoisotopic (exact) mass is 508 g/mol. The van der Waals surface area contributed by atoms with Crippen LogP contribution in [0.25, 0.3) is 0 Å². The van der Waals surface area contributed by atoms with E-state index in [0.29, 0.717) is 12.0 Å². The molecule has 2 heterocycles. The number of ether oxygens (including phenoxy) is 2. The summed E-state index contributed by atoms with van der Waals surface area (Å²) in [5.74, 6) is 1.62. The van der Waals surface area contributed by atoms with Gasteiger partial charge in [0.15, 0.2) is 5.96 Å². The van der Waals surface area contributed by atoms with Crippen molar-refractivity contribution in [1.82, 2.24) is 15.5 Å². The molecule has 1 saturated heterocycles. The molecule has 0 spiro atoms. The highest BCUT2D eigenvalue weighted by Gasteiger charge is 2.26. The van der Waals surface area contributed by atoms with E-state index >= 15 is 0 Å². The Kier molecular flexibility index (Phi) is 14.2. The fourth-order valence-corrected chi connectivity index (χ4v) is 3.97. The minimum absolute atomic E-state index is 0. The highest BCUT2D eigenvalue weighted by molar-refractivity contribution is 14.0. The van der Waals surface area contributed by atoms with Gasteiger partial charge in [-0.25, -0.2) is 0 Å². The van der Waals surface area contributed by atoms with Crippen molar-refractivity contribution >= 4 is 29.9 Å². The average molecular weight is 508 g/mol. The number of guanidine groups is 1. The molecule has 28 heavy (non-hydrogen) atoms. The normalized spacial score (nSPS) is 19.7. The molecule has 1 atom stereocenters. The maximum atomic E-state index is 5.56. The Morgan fingerprint density at radius 1 is 1.11 bits per heavy atom. The van der Waals surface area contributed by atoms with E-state index in [9.17, 15) is 0 Å². The van der Waals surface area contributed by atoms with Crippen LogP contribution in [0.2, 0.25) is 0 Å². The van der Waals surface area contributed by atoms with Gasteiger partial charge in [0.1, 0.15) is 0 Å². The second-order valence-electron chi connectivity index (χ2n) is 7.38. The van der Waals surface area contributed by atoms with Crippen LogP contribution in [-0.2, 0) is 9.47 Å². The van der Waals surface area contributed by atoms with Crippen LogP contribution in [0.5, 0.6) is 0 Å². The highest BCUT2D eigenvalue weighted by atomic mass is 127. The molecule has 2 aliphatic heterocycles. The smallest absolute Gasteiger partial charge is 0.191 e. The van der Waals surface area contributed by atoms with Gasteiger partial charge in [-0.15, -0.1) is 24.0 Å². The zero-order chi connectivity index (χ0) is 19.3. The molecule has 0 radical (unpaired) electrons. The van der Waals surface area contributed by atoms with Gasteiger partial charge in [0, 0.05) is 32.2 Å². The summed E-state index contributed by atoms with van der Waals surface area (Å²) in [7, 11) is 0. The molecule has 1 unspecified atom stereocenters. The molecule has 0 amide bonds. The molecule has 2 rings (SSSR count). The Hall–Kier alpha value is -0.380. The van der Waals surface area contributed by atoms with Crippen LogP contribution >= 0.6 is 24.0 Å². The minimum Gasteiger partial charge on any atom is -0.379 e. The summed E-state index contributed by atoms with van der Waals surface area (Å²) in [5, 5.41) is 6.92. The van der Waals surface area contributed by atoms with Crippen LogP contribution in [0.15, 0.2) is 16.6 Å². The van der Waals surface area contributed by atoms with Gasteiger partial charge in [-0.1, -0.05) is 38.3 Å². The summed E-state index contributed by atoms with van der Waals surface area (Å²) in [6.07, 6.45) is 6.75. The Bertz CT molecular complexity index is 463. The fourth-order valence-electron chi connectivity index (χ4n) is 3.97. The van der Waals surface area contributed by atoms with Gasteiger partial charge < -0.3 is 20.1 Å². The summed E-state index contributed by atoms with van der Waals surface area (Å²) >= 11 is 0. The predicted molar refractivity (Wildman–Crippen MR) is 128 cm³/mol. The van der Waals surface area contributed by atoms with Crippen molar-refractivity contribution in [2.75, 3.05) is 59.2 Å². The van der Waals surface area contributed by atoms with Gasteiger partial charge in [-0.3, -0.25) is 9.89 Å². The average Bonchev–Trinajstić information content (AvgIpc) is 2.72. The third-order valence-corrected chi connectivity index (χ3v) is 5.68. The molecule has 0 bridgehead atoms. The van der Waals surface area contributed by atoms with Crippen LogP contribution in [-0.4, -0.2) is 76.1 Å². The van der Waals surface area contributed by atoms with Crippen molar-refractivity contribution in [1.29, 1.82) is 0 Å². The van der Waals surface area contributed by atoms with E-state index in [-0.39, 0.29) is 24.0 Å². The Labute approximate surface area is 188 Å². The van der Waals surface area contributed by atoms with Crippen molar-refractivity contribution in [2.24, 2.45) is 10.9 Å². The van der Waals surface area contributed by atoms with Crippen LogP contribution in [0.1, 0.15) is 46.5 Å². The first-order valence-electron chi connectivity index (χ1n) is 10.9. The van der Waals surface area contributed by atoms with Gasteiger partial charge in [-0.05, 0) is 25.7 Å². The number of hydrogen-bond acceptors (Lipinski definition) is 4. The van der Waals surface area contributed by atoms with Crippen LogP contribution in [0, 0.1) is 5.92 Å². The molecule has 0 aromatic heterocycles. The lowest BCUT2D eigenvalue weighted by Gasteiger charge is -2.38. The Morgan fingerprint density at radius 2 is 1.86 bits per heavy atom. The SMILES string of the molecule is CCNC(=NCC(C(CC)CC)N1CCOCC1)NCCC1=CCOCC1.I. The Balaban J connectivity index is 0.00000392. The number of halogens is 1. The van der Waals surface area contributed by atoms with E-state index in [1.807, 2.05) is 0 Å². The molecule has 7 heteroatoms. The molecular formula is C21H41IN4O2. The molecule has 0 aromatic carbocycles. The maximum absolute atomic E-state index is 5.56. The summed E-state index contributed by atoms with van der Waals surface area (Å²) in [6.45, 7) is 14.7. The van der Waals surface area contributed by atoms with Gasteiger partial charge in [0.05, 0.1) is 33.0 Å². The summed E-state index contributed by atoms with van der Waals surface area (Å²) in [5.41, 5.74) is 1.49. The van der Waals surface area contributed by atoms with Crippen LogP contribution in [0.3, 0.4) is 0 Å². The first-order chi connectivity index (χ1) is 13.3. The van der Waals surface area contributed by atoms with Crippen molar-refractivity contribution in [3.63, 3.8) is 0 Å². The van der Waals surface area contributed by atoms with Crippen molar-refractivity contribution in [2.45, 2.75) is 52.5 Å². The summed E-state index contributed by atoms with van der Waals surface area (Å²) in [4.78, 5) is 7.54. The van der Waals surface area contributed by atoms with Gasteiger partial charge >= 0.3 is 0 Å². The molecular weight excluding hydrogens is 467 g/mol. The second kappa shape index (κ2) is 15.5. The van der Waals surface area contributed by atoms with Crippen molar-refractivity contribution in [3.8, 4) is 0 Å². The molecule has 0 aromatic rings. The number of aliphatic imine (C=N–C) groups is 1. The number of hydrogen-bond donors (Lipinski definition) is 2. The predicted octanol–water partition coefficient (Wildman–Crippen LogP) is 3.03. The standard InChI is InChI=1S/C21H40N4O2.HI/c1-4-19(5-2)20(25-11-15-27-16-12-25)17-24-21(22-6-3)23-10-7-18-8-13-26-14-9-18;/h8,19-20H,4-7,9-17H2,1-3H3,(H2,22,23,24);1H. The highest BCUT2D eigenvalue weighted by Crippen LogP contribution is 2.20. The van der Waals surface area contributed by atoms with Gasteiger partial charge in [0.2, 0.25) is 0 Å². The van der Waals surface area contributed by atoms with Crippen molar-refractivity contribution < 1.29 is 9.47 Å². The van der Waals surface area contributed by atoms with Crippen LogP contribution in [0.4, 0.5) is 0 Å². The van der Waals surface area contributed by atoms with Gasteiger partial charge in [0.25, 0.3) is 0 Å². The first-order valence-corrected chi connectivity index (χ1v) is 10.9. The number of morpholine rings is 1. The molecule has 0 saturated carbocycles. The zero-order valence-corrected chi connectivity index (χ0v) is 20.4. The summed E-state index contributed by atoms with van der Waals surface area (Å²) in [6, 6.07) is 0.498. The summed E-state index contributed by atoms with van der Waals surface area (Å²) < 4.78 is 10.9. The first kappa shape index (κ1) is 25.7. The molecule has 1 fully saturated rings. The zero-order valence-electron chi connectivity index (χ0n) is 18.0. The van der Waals surface area contributed by atoms with Crippen molar-refractivity contribution in [3.05, 3.63) is 11.6 Å². The van der Waals surface area contributed by atoms with Gasteiger partial charge in [-0.2, -0.15) is 0 Å². The second-order valence-corrected chi connectivity index (χ2v) is 7.38. The van der Waals surface area contributed by atoms with E-state index < -0.39 is 0 Å². The fraction of sp³-hybridized carbons (Fsp3) is 0.857. The van der Waals surface area contributed by atoms with E-state index in [1.54, 1.807) is 0 Å². The number of rotatable bonds is 10. The largest absolute Gasteiger partial charge is 0.379 e. The molecule has 2 N–H and O–H groups in total. The van der Waals surface area contributed by atoms with E-state index in [4.69, 9.17) is 14.5 Å². The molecule has 2 aliphatic rings. The lowest BCUT2D eigenvalue weighted by atomic mass is 9.92. The topological polar surface area (TPSA) is 58.1 Å². The third-order valence-electron chi connectivity index (χ3n) is 5.68. The van der Waals surface area contributed by atoms with E-state index in [0.717, 1.165) is 78.0 Å². The third kappa shape index (κ3) is 8.97. The molecule has 0 aliphatic carbocycles. The quantitative estimate of drug-likeness (QED) is 0.206. The molecule has 6 nitrogen and oxygen atoms in total. The minimum atomic E-state index is 0. The molecule has 164 valence electrons. The van der Waals surface area contributed by atoms with Crippen LogP contribution < -0.4 is 10.6 Å². The lowest BCUT2D eigenvalue weighted by molar-refractivity contribution is 0.00395. The Morgan fingerprint density at radius 3 is 2.46 bits per heavy atom. The van der Waals surface area contributed by atoms with E-state index in [1.165, 1.54) is 18.4 Å². The lowest BCUT2D eigenvalue weighted by Crippen LogP contribution is -2.49. The number of nitrogens with one attached hydrogen (secondary N) is 2. The maximum Gasteiger partial charge on any atom is 0.191 e. The van der Waals surface area contributed by atoms with E-state index in [2.05, 4.69) is 42.4 Å².